The molecule has 1 rings (SSSR count). The molecule has 1 unspecified atom stereocenters. The van der Waals surface area contributed by atoms with Crippen LogP contribution in [0.3, 0.4) is 0 Å². The quantitative estimate of drug-likeness (QED) is 0.746. The maximum Gasteiger partial charge on any atom is 0.267 e. The van der Waals surface area contributed by atoms with Gasteiger partial charge in [0, 0.05) is 20.7 Å². The summed E-state index contributed by atoms with van der Waals surface area (Å²) in [6.07, 6.45) is 0.723. The summed E-state index contributed by atoms with van der Waals surface area (Å²) in [4.78, 5) is 14.5. The van der Waals surface area contributed by atoms with E-state index in [4.69, 9.17) is 4.74 Å². The molecular formula is C10H16BrN3O2S. The molecule has 96 valence electrons. The van der Waals surface area contributed by atoms with Crippen molar-refractivity contribution in [2.75, 3.05) is 27.3 Å². The van der Waals surface area contributed by atoms with E-state index >= 15 is 0 Å². The third-order valence-electron chi connectivity index (χ3n) is 2.25. The second kappa shape index (κ2) is 7.03. The van der Waals surface area contributed by atoms with Crippen LogP contribution < -0.4 is 0 Å². The van der Waals surface area contributed by atoms with Crippen LogP contribution in [0.5, 0.6) is 0 Å². The monoisotopic (exact) mass is 321 g/mol. The van der Waals surface area contributed by atoms with Gasteiger partial charge in [0.2, 0.25) is 0 Å². The molecule has 0 bridgehead atoms. The molecule has 1 aromatic rings. The Hall–Kier alpha value is -0.530. The first-order valence-electron chi connectivity index (χ1n) is 5.29. The van der Waals surface area contributed by atoms with Crippen LogP contribution in [0.2, 0.25) is 0 Å². The van der Waals surface area contributed by atoms with Crippen molar-refractivity contribution in [2.45, 2.75) is 18.2 Å². The molecule has 1 atom stereocenters. The van der Waals surface area contributed by atoms with Gasteiger partial charge in [0.05, 0.1) is 17.1 Å². The number of carbonyl (C=O) groups is 1. The molecule has 0 spiro atoms. The van der Waals surface area contributed by atoms with Crippen molar-refractivity contribution in [3.05, 3.63) is 10.6 Å². The maximum atomic E-state index is 12.1. The van der Waals surface area contributed by atoms with Crippen LogP contribution in [0.4, 0.5) is 0 Å². The molecule has 0 N–H and O–H groups in total. The number of hydrogen-bond donors (Lipinski definition) is 0. The van der Waals surface area contributed by atoms with Crippen molar-refractivity contribution < 1.29 is 9.53 Å². The zero-order valence-electron chi connectivity index (χ0n) is 10.1. The first-order chi connectivity index (χ1) is 8.10. The lowest BCUT2D eigenvalue weighted by Gasteiger charge is -2.19. The predicted molar refractivity (Wildman–Crippen MR) is 70.8 cm³/mol. The number of methoxy groups -OCH3 is 1. The van der Waals surface area contributed by atoms with E-state index in [0.717, 1.165) is 23.6 Å². The van der Waals surface area contributed by atoms with E-state index in [9.17, 15) is 4.79 Å². The Kier molecular flexibility index (Phi) is 6.01. The molecule has 0 saturated carbocycles. The maximum absolute atomic E-state index is 12.1. The number of ether oxygens (including phenoxy) is 1. The van der Waals surface area contributed by atoms with Gasteiger partial charge in [-0.3, -0.25) is 4.79 Å². The lowest BCUT2D eigenvalue weighted by Crippen LogP contribution is -2.33. The number of aryl methyl sites for hydroxylation is 1. The van der Waals surface area contributed by atoms with Gasteiger partial charge in [-0.05, 0) is 18.0 Å². The zero-order chi connectivity index (χ0) is 12.8. The minimum atomic E-state index is -0.0302. The highest BCUT2D eigenvalue weighted by atomic mass is 79.9. The number of rotatable bonds is 6. The molecule has 1 amide bonds. The van der Waals surface area contributed by atoms with Crippen molar-refractivity contribution in [3.63, 3.8) is 0 Å². The number of amides is 1. The molecule has 0 aliphatic heterocycles. The summed E-state index contributed by atoms with van der Waals surface area (Å²) < 4.78 is 8.83. The zero-order valence-corrected chi connectivity index (χ0v) is 12.5. The Bertz CT molecular complexity index is 372. The van der Waals surface area contributed by atoms with Gasteiger partial charge in [-0.2, -0.15) is 0 Å². The highest BCUT2D eigenvalue weighted by Gasteiger charge is 2.20. The van der Waals surface area contributed by atoms with Gasteiger partial charge < -0.3 is 9.64 Å². The Morgan fingerprint density at radius 3 is 2.94 bits per heavy atom. The lowest BCUT2D eigenvalue weighted by atomic mass is 10.2. The van der Waals surface area contributed by atoms with E-state index in [-0.39, 0.29) is 10.7 Å². The van der Waals surface area contributed by atoms with Gasteiger partial charge in [0.15, 0.2) is 0 Å². The molecule has 7 heteroatoms. The van der Waals surface area contributed by atoms with Gasteiger partial charge in [0.1, 0.15) is 4.88 Å². The van der Waals surface area contributed by atoms with Crippen LogP contribution in [0.15, 0.2) is 0 Å². The Morgan fingerprint density at radius 1 is 1.65 bits per heavy atom. The topological polar surface area (TPSA) is 55.3 Å². The minimum absolute atomic E-state index is 0.0302. The molecule has 0 aliphatic rings. The fourth-order valence-electron chi connectivity index (χ4n) is 1.39. The fraction of sp³-hybridized carbons (Fsp3) is 0.700. The van der Waals surface area contributed by atoms with Crippen molar-refractivity contribution in [3.8, 4) is 0 Å². The number of carbonyl (C=O) groups excluding carboxylic acids is 1. The Morgan fingerprint density at radius 2 is 2.35 bits per heavy atom. The van der Waals surface area contributed by atoms with E-state index < -0.39 is 0 Å². The van der Waals surface area contributed by atoms with Gasteiger partial charge in [-0.1, -0.05) is 27.3 Å². The van der Waals surface area contributed by atoms with Crippen LogP contribution in [0, 0.1) is 0 Å². The van der Waals surface area contributed by atoms with E-state index in [1.54, 1.807) is 19.1 Å². The third-order valence-corrected chi connectivity index (χ3v) is 3.56. The summed E-state index contributed by atoms with van der Waals surface area (Å²) >= 11 is 4.61. The van der Waals surface area contributed by atoms with Crippen molar-refractivity contribution in [1.82, 2.24) is 14.5 Å². The molecular weight excluding hydrogens is 306 g/mol. The number of nitrogens with zero attached hydrogens (tertiary/aromatic N) is 3. The highest BCUT2D eigenvalue weighted by molar-refractivity contribution is 9.09. The first kappa shape index (κ1) is 14.5. The molecule has 1 heterocycles. The molecule has 0 radical (unpaired) electrons. The summed E-state index contributed by atoms with van der Waals surface area (Å²) in [5.41, 5.74) is 0.768. The third kappa shape index (κ3) is 4.01. The van der Waals surface area contributed by atoms with Crippen LogP contribution >= 0.6 is 27.5 Å². The normalized spacial score (nSPS) is 12.5. The van der Waals surface area contributed by atoms with Gasteiger partial charge >= 0.3 is 0 Å². The van der Waals surface area contributed by atoms with Crippen LogP contribution in [-0.2, 0) is 11.2 Å². The summed E-state index contributed by atoms with van der Waals surface area (Å²) in [7, 11) is 3.41. The summed E-state index contributed by atoms with van der Waals surface area (Å²) in [6.45, 7) is 3.12. The second-order valence-electron chi connectivity index (χ2n) is 3.64. The van der Waals surface area contributed by atoms with Crippen LogP contribution in [0.1, 0.15) is 22.3 Å². The van der Waals surface area contributed by atoms with Gasteiger partial charge in [0.25, 0.3) is 5.91 Å². The Labute approximate surface area is 113 Å². The number of halogens is 1. The van der Waals surface area contributed by atoms with E-state index in [1.807, 2.05) is 6.92 Å². The summed E-state index contributed by atoms with van der Waals surface area (Å²) in [5, 5.41) is 3.94. The molecule has 0 aromatic carbocycles. The number of aromatic nitrogens is 2. The Balaban J connectivity index is 2.63. The lowest BCUT2D eigenvalue weighted by molar-refractivity contribution is 0.0787. The van der Waals surface area contributed by atoms with Gasteiger partial charge in [-0.15, -0.1) is 5.10 Å². The molecule has 17 heavy (non-hydrogen) atoms. The second-order valence-corrected chi connectivity index (χ2v) is 5.69. The fourth-order valence-corrected chi connectivity index (χ4v) is 2.83. The molecule has 0 fully saturated rings. The standard InChI is InChI=1S/C10H16BrN3O2S/c1-4-8-9(17-13-12-8)10(15)14(2)5-7(11)6-16-3/h7H,4-6H2,1-3H3. The van der Waals surface area contributed by atoms with Crippen molar-refractivity contribution in [2.24, 2.45) is 0 Å². The molecule has 0 aliphatic carbocycles. The average Bonchev–Trinajstić information content (AvgIpc) is 2.76. The molecule has 0 saturated heterocycles. The average molecular weight is 322 g/mol. The molecule has 5 nitrogen and oxygen atoms in total. The van der Waals surface area contributed by atoms with E-state index in [2.05, 4.69) is 25.5 Å². The van der Waals surface area contributed by atoms with Gasteiger partial charge in [-0.25, -0.2) is 0 Å². The predicted octanol–water partition coefficient (Wildman–Crippen LogP) is 1.58. The van der Waals surface area contributed by atoms with E-state index in [0.29, 0.717) is 18.0 Å². The number of hydrogen-bond acceptors (Lipinski definition) is 5. The highest BCUT2D eigenvalue weighted by Crippen LogP contribution is 2.14. The minimum Gasteiger partial charge on any atom is -0.383 e. The van der Waals surface area contributed by atoms with Crippen LogP contribution in [-0.4, -0.2) is 52.5 Å². The summed E-state index contributed by atoms with van der Waals surface area (Å²) in [6, 6.07) is 0. The smallest absolute Gasteiger partial charge is 0.267 e. The van der Waals surface area contributed by atoms with Crippen molar-refractivity contribution in [1.29, 1.82) is 0 Å². The van der Waals surface area contributed by atoms with Crippen LogP contribution in [0.25, 0.3) is 0 Å². The summed E-state index contributed by atoms with van der Waals surface area (Å²) in [5.74, 6) is -0.0302. The first-order valence-corrected chi connectivity index (χ1v) is 6.98. The largest absolute Gasteiger partial charge is 0.383 e. The number of alkyl halides is 1. The van der Waals surface area contributed by atoms with E-state index in [1.165, 1.54) is 0 Å². The SMILES string of the molecule is CCc1nnsc1C(=O)N(C)CC(Br)COC. The van der Waals surface area contributed by atoms with Crippen molar-refractivity contribution >= 4 is 33.4 Å². The molecule has 1 aromatic heterocycles.